The molecule has 2 aromatic rings. The van der Waals surface area contributed by atoms with Crippen LogP contribution in [0.15, 0.2) is 24.4 Å². The number of alkyl halides is 6. The molecule has 0 aliphatic carbocycles. The van der Waals surface area contributed by atoms with Gasteiger partial charge in [-0.2, -0.15) is 36.6 Å². The lowest BCUT2D eigenvalue weighted by atomic mass is 9.84. The lowest BCUT2D eigenvalue weighted by Crippen LogP contribution is -2.60. The van der Waals surface area contributed by atoms with Gasteiger partial charge in [0.1, 0.15) is 18.4 Å². The fourth-order valence-electron chi connectivity index (χ4n) is 5.30. The molecule has 1 aromatic carbocycles. The lowest BCUT2D eigenvalue weighted by molar-refractivity contribution is -0.373. The summed E-state index contributed by atoms with van der Waals surface area (Å²) in [6, 6.07) is 5.17. The lowest BCUT2D eigenvalue weighted by Gasteiger charge is -2.47. The van der Waals surface area contributed by atoms with E-state index in [0.717, 1.165) is 50.6 Å². The molecule has 3 N–H and O–H groups in total. The fourth-order valence-corrected chi connectivity index (χ4v) is 5.30. The van der Waals surface area contributed by atoms with Gasteiger partial charge in [0.15, 0.2) is 11.6 Å². The van der Waals surface area contributed by atoms with Crippen molar-refractivity contribution in [2.75, 3.05) is 23.8 Å². The van der Waals surface area contributed by atoms with E-state index in [-0.39, 0.29) is 29.0 Å². The van der Waals surface area contributed by atoms with Gasteiger partial charge in [-0.1, -0.05) is 0 Å². The molecule has 3 heterocycles. The van der Waals surface area contributed by atoms with Crippen LogP contribution < -0.4 is 15.4 Å². The van der Waals surface area contributed by atoms with Crippen molar-refractivity contribution in [1.82, 2.24) is 14.9 Å². The molecule has 0 saturated carbocycles. The highest BCUT2D eigenvalue weighted by Gasteiger charge is 2.71. The number of benzene rings is 1. The quantitative estimate of drug-likeness (QED) is 0.383. The number of halogens is 7. The molecule has 1 aromatic heterocycles. The van der Waals surface area contributed by atoms with E-state index >= 15 is 0 Å². The summed E-state index contributed by atoms with van der Waals surface area (Å²) >= 11 is 0. The van der Waals surface area contributed by atoms with Gasteiger partial charge in [-0.25, -0.2) is 9.37 Å². The average Bonchev–Trinajstić information content (AvgIpc) is 3.33. The normalized spacial score (nSPS) is 21.4. The number of ether oxygens (including phenoxy) is 1. The minimum absolute atomic E-state index is 0.0382. The highest BCUT2D eigenvalue weighted by Crippen LogP contribution is 2.43. The number of nitrogens with zero attached hydrogens (tertiary/aromatic N) is 4. The number of piperidine rings is 1. The van der Waals surface area contributed by atoms with Gasteiger partial charge >= 0.3 is 12.4 Å². The van der Waals surface area contributed by atoms with Crippen LogP contribution in [0.5, 0.6) is 5.75 Å². The molecule has 15 heteroatoms. The molecular weight excluding hydrogens is 549 g/mol. The number of hydrogen-bond acceptors (Lipinski definition) is 8. The maximum absolute atomic E-state index is 14.6. The Hall–Kier alpha value is -3.38. The minimum atomic E-state index is -6.07. The third kappa shape index (κ3) is 5.87. The summed E-state index contributed by atoms with van der Waals surface area (Å²) < 4.78 is 96.7. The Bertz CT molecular complexity index is 1260. The third-order valence-corrected chi connectivity index (χ3v) is 7.27. The Labute approximate surface area is 225 Å². The number of fused-ring (bicyclic) bond motifs is 1. The number of aromatic nitrogens is 2. The maximum Gasteiger partial charge on any atom is 0.429 e. The largest absolute Gasteiger partial charge is 0.488 e. The minimum Gasteiger partial charge on any atom is -0.488 e. The molecule has 40 heavy (non-hydrogen) atoms. The van der Waals surface area contributed by atoms with E-state index in [0.29, 0.717) is 6.04 Å². The van der Waals surface area contributed by atoms with Crippen molar-refractivity contribution in [3.63, 3.8) is 0 Å². The fraction of sp³-hybridized carbons (Fsp3) is 0.560. The summed E-state index contributed by atoms with van der Waals surface area (Å²) in [6.45, 7) is 3.11. The van der Waals surface area contributed by atoms with E-state index in [2.05, 4.69) is 44.1 Å². The monoisotopic (exact) mass is 576 g/mol. The Kier molecular flexibility index (Phi) is 7.81. The zero-order valence-corrected chi connectivity index (χ0v) is 21.5. The summed E-state index contributed by atoms with van der Waals surface area (Å²) in [7, 11) is 0. The Balaban J connectivity index is 1.47. The highest BCUT2D eigenvalue weighted by atomic mass is 19.4. The van der Waals surface area contributed by atoms with Gasteiger partial charge in [-0.05, 0) is 64.3 Å². The molecule has 218 valence electrons. The number of aliphatic hydroxyl groups is 1. The molecule has 2 aliphatic rings. The highest BCUT2D eigenvalue weighted by molar-refractivity contribution is 5.61. The first-order valence-electron chi connectivity index (χ1n) is 12.4. The molecule has 2 atom stereocenters. The Morgan fingerprint density at radius 1 is 1.20 bits per heavy atom. The topological polar surface area (TPSA) is 106 Å². The second-order valence-corrected chi connectivity index (χ2v) is 10.6. The summed E-state index contributed by atoms with van der Waals surface area (Å²) in [5, 5.41) is 24.5. The van der Waals surface area contributed by atoms with E-state index in [1.807, 2.05) is 0 Å². The predicted molar refractivity (Wildman–Crippen MR) is 129 cm³/mol. The van der Waals surface area contributed by atoms with Crippen molar-refractivity contribution in [2.24, 2.45) is 0 Å². The van der Waals surface area contributed by atoms with E-state index in [4.69, 9.17) is 0 Å². The maximum atomic E-state index is 14.6. The second kappa shape index (κ2) is 10.5. The summed E-state index contributed by atoms with van der Waals surface area (Å²) in [5.74, 6) is -1.41. The number of anilines is 3. The van der Waals surface area contributed by atoms with E-state index in [1.54, 1.807) is 6.07 Å². The van der Waals surface area contributed by atoms with Gasteiger partial charge in [0.25, 0.3) is 5.60 Å². The van der Waals surface area contributed by atoms with Crippen molar-refractivity contribution in [1.29, 1.82) is 5.26 Å². The van der Waals surface area contributed by atoms with Crippen LogP contribution >= 0.6 is 0 Å². The molecule has 2 fully saturated rings. The average molecular weight is 577 g/mol. The van der Waals surface area contributed by atoms with Crippen molar-refractivity contribution < 1.29 is 40.6 Å². The third-order valence-electron chi connectivity index (χ3n) is 7.27. The van der Waals surface area contributed by atoms with Crippen molar-refractivity contribution in [2.45, 2.75) is 75.1 Å². The molecule has 8 nitrogen and oxygen atoms in total. The van der Waals surface area contributed by atoms with Crippen molar-refractivity contribution >= 4 is 17.5 Å². The standard InChI is InChI=1S/C25H27F7N6O2/c1-22(2)10-16(9-17-4-3-7-38(17)22)35-20-18(26)12-34-21(37-20)36-15-5-6-19(14(8-15)11-33)40-13-23(39,24(27,28)29)25(30,31)32/h5-6,8,12,16-17,39H,3-4,7,9-10,13H2,1-2H3,(H2,34,35,36,37). The second-order valence-electron chi connectivity index (χ2n) is 10.6. The number of nitriles is 1. The van der Waals surface area contributed by atoms with E-state index < -0.39 is 41.7 Å². The predicted octanol–water partition coefficient (Wildman–Crippen LogP) is 5.28. The van der Waals surface area contributed by atoms with E-state index in [9.17, 15) is 41.1 Å². The van der Waals surface area contributed by atoms with Crippen LogP contribution in [-0.2, 0) is 0 Å². The number of hydrogen-bond donors (Lipinski definition) is 3. The van der Waals surface area contributed by atoms with Gasteiger partial charge in [-0.3, -0.25) is 4.90 Å². The van der Waals surface area contributed by atoms with Crippen LogP contribution in [0.2, 0.25) is 0 Å². The number of rotatable bonds is 7. The van der Waals surface area contributed by atoms with Gasteiger partial charge in [-0.15, -0.1) is 0 Å². The zero-order valence-electron chi connectivity index (χ0n) is 21.5. The van der Waals surface area contributed by atoms with Crippen LogP contribution in [-0.4, -0.2) is 68.7 Å². The summed E-state index contributed by atoms with van der Waals surface area (Å²) in [4.78, 5) is 10.5. The molecule has 4 rings (SSSR count). The smallest absolute Gasteiger partial charge is 0.429 e. The van der Waals surface area contributed by atoms with Crippen molar-refractivity contribution in [3.8, 4) is 11.8 Å². The Morgan fingerprint density at radius 3 is 2.55 bits per heavy atom. The van der Waals surface area contributed by atoms with Gasteiger partial charge in [0.05, 0.1) is 11.8 Å². The van der Waals surface area contributed by atoms with Crippen LogP contribution in [0.3, 0.4) is 0 Å². The first-order chi connectivity index (χ1) is 18.5. The van der Waals surface area contributed by atoms with E-state index in [1.165, 1.54) is 6.07 Å². The zero-order chi connectivity index (χ0) is 29.5. The van der Waals surface area contributed by atoms with Crippen LogP contribution in [0, 0.1) is 17.1 Å². The Morgan fingerprint density at radius 2 is 1.90 bits per heavy atom. The number of nitrogens with one attached hydrogen (secondary N) is 2. The summed E-state index contributed by atoms with van der Waals surface area (Å²) in [5.41, 5.74) is -5.51. The van der Waals surface area contributed by atoms with Crippen LogP contribution in [0.25, 0.3) is 0 Å². The summed E-state index contributed by atoms with van der Waals surface area (Å²) in [6.07, 6.45) is -7.44. The molecule has 0 radical (unpaired) electrons. The van der Waals surface area contributed by atoms with Crippen LogP contribution in [0.4, 0.5) is 48.2 Å². The SMILES string of the molecule is CC1(C)CC(Nc2nc(Nc3ccc(OCC(O)(C(F)(F)F)C(F)(F)F)c(C#N)c3)ncc2F)CC2CCCN21. The molecule has 0 amide bonds. The van der Waals surface area contributed by atoms with Gasteiger partial charge < -0.3 is 20.5 Å². The molecule has 0 spiro atoms. The molecular formula is C25H27F7N6O2. The van der Waals surface area contributed by atoms with Crippen molar-refractivity contribution in [3.05, 3.63) is 35.8 Å². The van der Waals surface area contributed by atoms with Crippen LogP contribution in [0.1, 0.15) is 45.1 Å². The first-order valence-corrected chi connectivity index (χ1v) is 12.4. The molecule has 0 bridgehead atoms. The molecule has 2 saturated heterocycles. The van der Waals surface area contributed by atoms with Gasteiger partial charge in [0, 0.05) is 23.3 Å². The molecule has 2 aliphatic heterocycles. The van der Waals surface area contributed by atoms with Gasteiger partial charge in [0.2, 0.25) is 5.95 Å². The molecule has 2 unspecified atom stereocenters. The first kappa shape index (κ1) is 29.6.